The molecule has 1 aromatic carbocycles. The van der Waals surface area contributed by atoms with E-state index in [4.69, 9.17) is 0 Å². The van der Waals surface area contributed by atoms with Crippen LogP contribution >= 0.6 is 0 Å². The molecule has 2 N–H and O–H groups in total. The van der Waals surface area contributed by atoms with Crippen LogP contribution in [0.3, 0.4) is 0 Å². The third-order valence-electron chi connectivity index (χ3n) is 5.23. The number of halogens is 3. The van der Waals surface area contributed by atoms with Gasteiger partial charge in [-0.05, 0) is 49.7 Å². The molecule has 2 aliphatic rings. The largest absolute Gasteiger partial charge is 0.416 e. The van der Waals surface area contributed by atoms with Crippen LogP contribution in [0.2, 0.25) is 0 Å². The van der Waals surface area contributed by atoms with Gasteiger partial charge in [-0.15, -0.1) is 0 Å². The van der Waals surface area contributed by atoms with E-state index in [9.17, 15) is 23.1 Å². The fraction of sp³-hybridized carbons (Fsp3) is 0.611. The van der Waals surface area contributed by atoms with Crippen LogP contribution < -0.4 is 5.32 Å². The second kappa shape index (κ2) is 6.39. The molecular weight excluding hydrogens is 319 g/mol. The van der Waals surface area contributed by atoms with Crippen LogP contribution in [0.25, 0.3) is 0 Å². The summed E-state index contributed by atoms with van der Waals surface area (Å²) in [6.07, 6.45) is -0.162. The molecule has 0 radical (unpaired) electrons. The van der Waals surface area contributed by atoms with Crippen LogP contribution in [-0.4, -0.2) is 23.7 Å². The first-order valence-electron chi connectivity index (χ1n) is 8.45. The Morgan fingerprint density at radius 2 is 2.04 bits per heavy atom. The minimum Gasteiger partial charge on any atom is -0.393 e. The summed E-state index contributed by atoms with van der Waals surface area (Å²) in [5.74, 6) is 0.0527. The van der Waals surface area contributed by atoms with Gasteiger partial charge in [0.1, 0.15) is 0 Å². The van der Waals surface area contributed by atoms with Crippen molar-refractivity contribution in [3.63, 3.8) is 0 Å². The Labute approximate surface area is 139 Å². The van der Waals surface area contributed by atoms with Crippen LogP contribution in [0, 0.1) is 5.92 Å². The van der Waals surface area contributed by atoms with Crippen LogP contribution in [-0.2, 0) is 16.4 Å². The molecule has 0 spiro atoms. The molecule has 2 unspecified atom stereocenters. The summed E-state index contributed by atoms with van der Waals surface area (Å²) >= 11 is 0. The average molecular weight is 341 g/mol. The molecule has 2 fully saturated rings. The van der Waals surface area contributed by atoms with Crippen molar-refractivity contribution in [2.75, 3.05) is 6.54 Å². The summed E-state index contributed by atoms with van der Waals surface area (Å²) in [4.78, 5) is 12.6. The second-order valence-electron chi connectivity index (χ2n) is 7.06. The van der Waals surface area contributed by atoms with Crippen molar-refractivity contribution in [3.8, 4) is 0 Å². The van der Waals surface area contributed by atoms with Gasteiger partial charge in [0, 0.05) is 6.54 Å². The van der Waals surface area contributed by atoms with Gasteiger partial charge in [0.2, 0.25) is 5.91 Å². The maximum Gasteiger partial charge on any atom is 0.416 e. The maximum atomic E-state index is 12.9. The quantitative estimate of drug-likeness (QED) is 0.882. The molecule has 0 bridgehead atoms. The van der Waals surface area contributed by atoms with E-state index in [-0.39, 0.29) is 17.9 Å². The zero-order valence-electron chi connectivity index (χ0n) is 13.4. The summed E-state index contributed by atoms with van der Waals surface area (Å²) in [6, 6.07) is 5.09. The molecular formula is C18H22F3NO2. The minimum absolute atomic E-state index is 0.193. The number of alkyl halides is 3. The molecule has 1 aromatic rings. The molecule has 132 valence electrons. The lowest BCUT2D eigenvalue weighted by Crippen LogP contribution is -2.39. The highest BCUT2D eigenvalue weighted by Gasteiger charge is 2.51. The topological polar surface area (TPSA) is 49.3 Å². The first-order chi connectivity index (χ1) is 11.3. The van der Waals surface area contributed by atoms with E-state index < -0.39 is 17.2 Å². The minimum atomic E-state index is -4.40. The van der Waals surface area contributed by atoms with E-state index >= 15 is 0 Å². The van der Waals surface area contributed by atoms with Crippen LogP contribution in [0.4, 0.5) is 13.2 Å². The molecule has 0 aromatic heterocycles. The SMILES string of the molecule is O=C(NCC1CCCC(O)C1)C1(c2cccc(C(F)(F)F)c2)CC1. The standard InChI is InChI=1S/C18H22F3NO2/c19-18(20,21)14-5-2-4-13(10-14)17(7-8-17)16(24)22-11-12-3-1-6-15(23)9-12/h2,4-5,10,12,15,23H,1,3,6-9,11H2,(H,22,24). The summed E-state index contributed by atoms with van der Waals surface area (Å²) < 4.78 is 38.6. The number of carbonyl (C=O) groups excluding carboxylic acids is 1. The average Bonchev–Trinajstić information content (AvgIpc) is 3.34. The Balaban J connectivity index is 1.66. The van der Waals surface area contributed by atoms with E-state index in [0.29, 0.717) is 31.4 Å². The van der Waals surface area contributed by atoms with Gasteiger partial charge < -0.3 is 10.4 Å². The van der Waals surface area contributed by atoms with Crippen molar-refractivity contribution in [3.05, 3.63) is 35.4 Å². The molecule has 0 aliphatic heterocycles. The van der Waals surface area contributed by atoms with E-state index in [1.807, 2.05) is 0 Å². The summed E-state index contributed by atoms with van der Waals surface area (Å²) in [7, 11) is 0. The van der Waals surface area contributed by atoms with Crippen molar-refractivity contribution in [1.82, 2.24) is 5.32 Å². The zero-order chi connectivity index (χ0) is 17.4. The molecule has 6 heteroatoms. The predicted molar refractivity (Wildman–Crippen MR) is 83.3 cm³/mol. The number of carbonyl (C=O) groups is 1. The number of rotatable bonds is 4. The number of benzene rings is 1. The molecule has 2 aliphatic carbocycles. The third-order valence-corrected chi connectivity index (χ3v) is 5.23. The smallest absolute Gasteiger partial charge is 0.393 e. The van der Waals surface area contributed by atoms with Gasteiger partial charge in [-0.3, -0.25) is 4.79 Å². The van der Waals surface area contributed by atoms with Crippen LogP contribution in [0.1, 0.15) is 49.7 Å². The first-order valence-corrected chi connectivity index (χ1v) is 8.45. The highest BCUT2D eigenvalue weighted by atomic mass is 19.4. The van der Waals surface area contributed by atoms with Crippen molar-refractivity contribution in [2.24, 2.45) is 5.92 Å². The Morgan fingerprint density at radius 1 is 1.29 bits per heavy atom. The normalized spacial score (nSPS) is 26.0. The second-order valence-corrected chi connectivity index (χ2v) is 7.06. The van der Waals surface area contributed by atoms with Gasteiger partial charge in [0.05, 0.1) is 17.1 Å². The number of aliphatic hydroxyl groups is 1. The Bertz CT molecular complexity index is 611. The fourth-order valence-corrected chi connectivity index (χ4v) is 3.62. The van der Waals surface area contributed by atoms with Crippen molar-refractivity contribution >= 4 is 5.91 Å². The summed E-state index contributed by atoms with van der Waals surface area (Å²) in [6.45, 7) is 0.483. The predicted octanol–water partition coefficient (Wildman–Crippen LogP) is 3.40. The maximum absolute atomic E-state index is 12.9. The lowest BCUT2D eigenvalue weighted by molar-refractivity contribution is -0.137. The Morgan fingerprint density at radius 3 is 2.67 bits per heavy atom. The molecule has 2 atom stereocenters. The molecule has 3 rings (SSSR count). The Kier molecular flexibility index (Phi) is 4.60. The summed E-state index contributed by atoms with van der Waals surface area (Å²) in [5, 5.41) is 12.6. The van der Waals surface area contributed by atoms with E-state index in [0.717, 1.165) is 31.4 Å². The highest BCUT2D eigenvalue weighted by molar-refractivity contribution is 5.91. The summed E-state index contributed by atoms with van der Waals surface area (Å²) in [5.41, 5.74) is -1.08. The highest BCUT2D eigenvalue weighted by Crippen LogP contribution is 2.49. The number of hydrogen-bond acceptors (Lipinski definition) is 2. The van der Waals surface area contributed by atoms with Crippen molar-refractivity contribution < 1.29 is 23.1 Å². The molecule has 24 heavy (non-hydrogen) atoms. The number of hydrogen-bond donors (Lipinski definition) is 2. The molecule has 2 saturated carbocycles. The molecule has 1 amide bonds. The lowest BCUT2D eigenvalue weighted by Gasteiger charge is -2.27. The lowest BCUT2D eigenvalue weighted by atomic mass is 9.87. The third kappa shape index (κ3) is 3.58. The van der Waals surface area contributed by atoms with Crippen LogP contribution in [0.5, 0.6) is 0 Å². The first kappa shape index (κ1) is 17.3. The Hall–Kier alpha value is -1.56. The van der Waals surface area contributed by atoms with E-state index in [1.165, 1.54) is 6.07 Å². The number of amides is 1. The van der Waals surface area contributed by atoms with Gasteiger partial charge in [-0.1, -0.05) is 24.6 Å². The van der Waals surface area contributed by atoms with Crippen LogP contribution in [0.15, 0.2) is 24.3 Å². The van der Waals surface area contributed by atoms with Gasteiger partial charge in [-0.2, -0.15) is 13.2 Å². The molecule has 0 saturated heterocycles. The van der Waals surface area contributed by atoms with Crippen molar-refractivity contribution in [2.45, 2.75) is 56.2 Å². The zero-order valence-corrected chi connectivity index (χ0v) is 13.4. The molecule has 3 nitrogen and oxygen atoms in total. The van der Waals surface area contributed by atoms with E-state index in [2.05, 4.69) is 5.32 Å². The van der Waals surface area contributed by atoms with Crippen molar-refractivity contribution in [1.29, 1.82) is 0 Å². The van der Waals surface area contributed by atoms with Gasteiger partial charge in [-0.25, -0.2) is 0 Å². The van der Waals surface area contributed by atoms with E-state index in [1.54, 1.807) is 6.07 Å². The monoisotopic (exact) mass is 341 g/mol. The van der Waals surface area contributed by atoms with Gasteiger partial charge in [0.15, 0.2) is 0 Å². The van der Waals surface area contributed by atoms with Gasteiger partial charge in [0.25, 0.3) is 0 Å². The fourth-order valence-electron chi connectivity index (χ4n) is 3.62. The molecule has 0 heterocycles. The number of aliphatic hydroxyl groups excluding tert-OH is 1. The number of nitrogens with one attached hydrogen (secondary N) is 1. The van der Waals surface area contributed by atoms with Gasteiger partial charge >= 0.3 is 6.18 Å².